The van der Waals surface area contributed by atoms with E-state index in [1.807, 2.05) is 12.1 Å². The quantitative estimate of drug-likeness (QED) is 0.159. The van der Waals surface area contributed by atoms with E-state index >= 15 is 0 Å². The normalized spacial score (nSPS) is 20.6. The zero-order valence-corrected chi connectivity index (χ0v) is 25.5. The molecule has 0 bridgehead atoms. The first-order valence-electron chi connectivity index (χ1n) is 14.2. The van der Waals surface area contributed by atoms with Crippen molar-refractivity contribution in [3.63, 3.8) is 0 Å². The number of hydrogen-bond acceptors (Lipinski definition) is 10. The van der Waals surface area contributed by atoms with Crippen molar-refractivity contribution in [2.24, 2.45) is 10.5 Å². The summed E-state index contributed by atoms with van der Waals surface area (Å²) in [4.78, 5) is 21.6. The van der Waals surface area contributed by atoms with Crippen LogP contribution in [0.2, 0.25) is 5.15 Å². The third-order valence-corrected chi connectivity index (χ3v) is 8.71. The van der Waals surface area contributed by atoms with E-state index in [0.29, 0.717) is 48.7 Å². The first kappa shape index (κ1) is 31.6. The summed E-state index contributed by atoms with van der Waals surface area (Å²) in [5.74, 6) is 0.974. The number of pyridine rings is 2. The molecule has 2 aliphatic heterocycles. The predicted octanol–water partition coefficient (Wildman–Crippen LogP) is 5.41. The fourth-order valence-corrected chi connectivity index (χ4v) is 5.81. The Labute approximate surface area is 257 Å². The van der Waals surface area contributed by atoms with Gasteiger partial charge in [-0.25, -0.2) is 15.0 Å². The molecule has 1 saturated heterocycles. The maximum absolute atomic E-state index is 13.1. The van der Waals surface area contributed by atoms with Gasteiger partial charge in [0.15, 0.2) is 5.82 Å². The molecule has 1 unspecified atom stereocenters. The number of nitrogens with one attached hydrogen (secondary N) is 3. The molecule has 2 aromatic rings. The smallest absolute Gasteiger partial charge is 0.394 e. The molecule has 4 heterocycles. The van der Waals surface area contributed by atoms with Gasteiger partial charge in [-0.2, -0.15) is 13.2 Å². The molecule has 2 fully saturated rings. The lowest BCUT2D eigenvalue weighted by molar-refractivity contribution is -0.190. The lowest BCUT2D eigenvalue weighted by Gasteiger charge is -2.18. The minimum atomic E-state index is -4.20. The maximum atomic E-state index is 13.1. The van der Waals surface area contributed by atoms with Gasteiger partial charge in [-0.15, -0.1) is 5.10 Å². The highest BCUT2D eigenvalue weighted by Crippen LogP contribution is 2.59. The third-order valence-electron chi connectivity index (χ3n) is 7.70. The SMILES string of the molecule is CC1(C)CC(OCCNc2cccc(SNC(=O)c3ccc(N4CCC(OCCC5(C(F)(F)F)CC5)=N4)nc3Cl)n2)CN1. The van der Waals surface area contributed by atoms with Crippen LogP contribution in [0.3, 0.4) is 0 Å². The van der Waals surface area contributed by atoms with Crippen LogP contribution in [0.25, 0.3) is 0 Å². The van der Waals surface area contributed by atoms with Crippen molar-refractivity contribution in [2.75, 3.05) is 43.2 Å². The number of rotatable bonds is 12. The van der Waals surface area contributed by atoms with E-state index in [1.165, 1.54) is 0 Å². The standard InChI is InChI=1S/C28H35ClF3N7O3S/c1-26(2)16-18(17-34-26)41-15-12-33-20-4-3-5-23(35-20)43-38-25(40)19-6-7-21(36-24(19)29)39-13-8-22(37-39)42-14-11-27(9-10-27)28(30,31)32/h3-7,18,34H,8-17H2,1-2H3,(H,33,35)(H,38,40). The van der Waals surface area contributed by atoms with Crippen molar-refractivity contribution in [2.45, 2.75) is 68.8 Å². The molecule has 234 valence electrons. The topological polar surface area (TPSA) is 113 Å². The summed E-state index contributed by atoms with van der Waals surface area (Å²) >= 11 is 7.38. The number of hydrazone groups is 1. The molecule has 1 saturated carbocycles. The molecule has 1 atom stereocenters. The van der Waals surface area contributed by atoms with Crippen LogP contribution in [0.15, 0.2) is 40.5 Å². The summed E-state index contributed by atoms with van der Waals surface area (Å²) in [5.41, 5.74) is -1.33. The molecule has 1 aliphatic carbocycles. The Morgan fingerprint density at radius 1 is 1.21 bits per heavy atom. The highest BCUT2D eigenvalue weighted by molar-refractivity contribution is 7.97. The zero-order valence-electron chi connectivity index (χ0n) is 24.0. The van der Waals surface area contributed by atoms with E-state index < -0.39 is 17.5 Å². The summed E-state index contributed by atoms with van der Waals surface area (Å²) in [6.07, 6.45) is -2.39. The average molecular weight is 642 g/mol. The number of carbonyl (C=O) groups excluding carboxylic acids is 1. The van der Waals surface area contributed by atoms with Crippen molar-refractivity contribution in [1.82, 2.24) is 20.0 Å². The molecule has 1 amide bonds. The Bertz CT molecular complexity index is 1340. The molecule has 15 heteroatoms. The number of carbonyl (C=O) groups is 1. The number of amides is 1. The van der Waals surface area contributed by atoms with Gasteiger partial charge in [0.2, 0.25) is 5.90 Å². The zero-order chi connectivity index (χ0) is 30.7. The highest BCUT2D eigenvalue weighted by Gasteiger charge is 2.62. The molecule has 0 radical (unpaired) electrons. The second kappa shape index (κ2) is 13.0. The third kappa shape index (κ3) is 8.22. The van der Waals surface area contributed by atoms with E-state index in [-0.39, 0.29) is 48.2 Å². The maximum Gasteiger partial charge on any atom is 0.394 e. The molecule has 0 spiro atoms. The summed E-state index contributed by atoms with van der Waals surface area (Å²) in [7, 11) is 0. The molecule has 5 rings (SSSR count). The summed E-state index contributed by atoms with van der Waals surface area (Å²) in [6.45, 7) is 6.72. The number of nitrogens with zero attached hydrogens (tertiary/aromatic N) is 4. The van der Waals surface area contributed by atoms with Gasteiger partial charge in [0.1, 0.15) is 16.0 Å². The van der Waals surface area contributed by atoms with Crippen molar-refractivity contribution in [1.29, 1.82) is 0 Å². The van der Waals surface area contributed by atoms with Crippen LogP contribution in [0, 0.1) is 5.41 Å². The molecule has 10 nitrogen and oxygen atoms in total. The van der Waals surface area contributed by atoms with Crippen LogP contribution < -0.4 is 20.4 Å². The van der Waals surface area contributed by atoms with Crippen LogP contribution >= 0.6 is 23.5 Å². The molecular weight excluding hydrogens is 607 g/mol. The molecular formula is C28H35ClF3N7O3S. The first-order valence-corrected chi connectivity index (χ1v) is 15.4. The average Bonchev–Trinajstić information content (AvgIpc) is 3.48. The number of halogens is 4. The fraction of sp³-hybridized carbons (Fsp3) is 0.571. The molecule has 3 N–H and O–H groups in total. The Balaban J connectivity index is 1.06. The van der Waals surface area contributed by atoms with E-state index in [2.05, 4.69) is 44.3 Å². The molecule has 2 aromatic heterocycles. The van der Waals surface area contributed by atoms with Crippen molar-refractivity contribution in [3.8, 4) is 0 Å². The van der Waals surface area contributed by atoms with Gasteiger partial charge >= 0.3 is 6.18 Å². The van der Waals surface area contributed by atoms with Gasteiger partial charge in [-0.3, -0.25) is 9.52 Å². The van der Waals surface area contributed by atoms with Crippen molar-refractivity contribution < 1.29 is 27.4 Å². The van der Waals surface area contributed by atoms with Gasteiger partial charge in [0.25, 0.3) is 5.91 Å². The largest absolute Gasteiger partial charge is 0.480 e. The van der Waals surface area contributed by atoms with Crippen molar-refractivity contribution in [3.05, 3.63) is 41.0 Å². The fourth-order valence-electron chi connectivity index (χ4n) is 4.98. The predicted molar refractivity (Wildman–Crippen MR) is 159 cm³/mol. The van der Waals surface area contributed by atoms with E-state index in [1.54, 1.807) is 23.2 Å². The van der Waals surface area contributed by atoms with Gasteiger partial charge in [0, 0.05) is 37.0 Å². The number of anilines is 2. The number of ether oxygens (including phenoxy) is 2. The second-order valence-corrected chi connectivity index (χ2v) is 12.7. The minimum Gasteiger partial charge on any atom is -0.480 e. The van der Waals surface area contributed by atoms with Gasteiger partial charge in [-0.1, -0.05) is 17.7 Å². The monoisotopic (exact) mass is 641 g/mol. The van der Waals surface area contributed by atoms with Crippen LogP contribution in [0.1, 0.15) is 56.3 Å². The summed E-state index contributed by atoms with van der Waals surface area (Å²) < 4.78 is 53.5. The molecule has 43 heavy (non-hydrogen) atoms. The summed E-state index contributed by atoms with van der Waals surface area (Å²) in [5, 5.41) is 13.1. The van der Waals surface area contributed by atoms with Crippen molar-refractivity contribution >= 4 is 47.0 Å². The van der Waals surface area contributed by atoms with E-state index in [4.69, 9.17) is 21.1 Å². The first-order chi connectivity index (χ1) is 20.4. The second-order valence-electron chi connectivity index (χ2n) is 11.5. The Morgan fingerprint density at radius 3 is 2.72 bits per heavy atom. The lowest BCUT2D eigenvalue weighted by atomic mass is 10.0. The van der Waals surface area contributed by atoms with Gasteiger partial charge < -0.3 is 20.1 Å². The number of hydrogen-bond donors (Lipinski definition) is 3. The Kier molecular flexibility index (Phi) is 9.59. The highest BCUT2D eigenvalue weighted by atomic mass is 35.5. The van der Waals surface area contributed by atoms with Crippen LogP contribution in [-0.4, -0.2) is 72.4 Å². The minimum absolute atomic E-state index is 0.00903. The number of aromatic nitrogens is 2. The van der Waals surface area contributed by atoms with Gasteiger partial charge in [-0.05, 0) is 63.8 Å². The van der Waals surface area contributed by atoms with Crippen LogP contribution in [0.5, 0.6) is 0 Å². The Hall–Kier alpha value is -2.81. The summed E-state index contributed by atoms with van der Waals surface area (Å²) in [6, 6.07) is 8.61. The Morgan fingerprint density at radius 2 is 2.02 bits per heavy atom. The van der Waals surface area contributed by atoms with Gasteiger partial charge in [0.05, 0.1) is 36.8 Å². The van der Waals surface area contributed by atoms with E-state index in [0.717, 1.165) is 24.9 Å². The molecule has 3 aliphatic rings. The number of alkyl halides is 3. The van der Waals surface area contributed by atoms with Crippen LogP contribution in [0.4, 0.5) is 24.8 Å². The molecule has 0 aromatic carbocycles. The van der Waals surface area contributed by atoms with E-state index in [9.17, 15) is 18.0 Å². The lowest BCUT2D eigenvalue weighted by Crippen LogP contribution is -2.31. The van der Waals surface area contributed by atoms with Crippen LogP contribution in [-0.2, 0) is 9.47 Å².